The van der Waals surface area contributed by atoms with Gasteiger partial charge < -0.3 is 21.1 Å². The average Bonchev–Trinajstić information content (AvgIpc) is 2.35. The fraction of sp³-hybridized carbons (Fsp3) is 0.467. The maximum atomic E-state index is 12.0. The summed E-state index contributed by atoms with van der Waals surface area (Å²) in [6.07, 6.45) is -0.508. The van der Waals surface area contributed by atoms with Gasteiger partial charge in [-0.25, -0.2) is 4.79 Å². The molecule has 0 heterocycles. The van der Waals surface area contributed by atoms with E-state index in [1.165, 1.54) is 0 Å². The number of carbonyl (C=O) groups is 2. The number of ether oxygens (including phenoxy) is 1. The Bertz CT molecular complexity index is 521. The number of anilines is 1. The second-order valence-electron chi connectivity index (χ2n) is 5.72. The smallest absolute Gasteiger partial charge is 0.407 e. The number of rotatable bonds is 4. The van der Waals surface area contributed by atoms with E-state index < -0.39 is 11.7 Å². The van der Waals surface area contributed by atoms with Crippen LogP contribution >= 0.6 is 0 Å². The van der Waals surface area contributed by atoms with Crippen LogP contribution in [-0.2, 0) is 4.74 Å². The van der Waals surface area contributed by atoms with Crippen molar-refractivity contribution < 1.29 is 14.3 Å². The van der Waals surface area contributed by atoms with E-state index >= 15 is 0 Å². The van der Waals surface area contributed by atoms with Gasteiger partial charge in [0.05, 0.1) is 5.56 Å². The minimum atomic E-state index is -0.538. The summed E-state index contributed by atoms with van der Waals surface area (Å²) in [7, 11) is 0. The largest absolute Gasteiger partial charge is 0.444 e. The van der Waals surface area contributed by atoms with Crippen LogP contribution in [0.25, 0.3) is 0 Å². The molecule has 0 saturated heterocycles. The Morgan fingerprint density at radius 3 is 2.43 bits per heavy atom. The van der Waals surface area contributed by atoms with Crippen LogP contribution in [0.1, 0.15) is 36.7 Å². The Hall–Kier alpha value is -2.24. The van der Waals surface area contributed by atoms with Crippen LogP contribution in [0.4, 0.5) is 10.5 Å². The van der Waals surface area contributed by atoms with E-state index in [0.717, 1.165) is 5.56 Å². The quantitative estimate of drug-likeness (QED) is 0.583. The van der Waals surface area contributed by atoms with Crippen molar-refractivity contribution in [2.45, 2.75) is 33.3 Å². The van der Waals surface area contributed by atoms with E-state index in [9.17, 15) is 9.59 Å². The molecule has 0 spiro atoms. The summed E-state index contributed by atoms with van der Waals surface area (Å²) in [6.45, 7) is 7.78. The Morgan fingerprint density at radius 1 is 1.19 bits per heavy atom. The molecule has 0 saturated carbocycles. The predicted molar refractivity (Wildman–Crippen MR) is 82.2 cm³/mol. The van der Waals surface area contributed by atoms with Crippen molar-refractivity contribution in [3.05, 3.63) is 29.3 Å². The summed E-state index contributed by atoms with van der Waals surface area (Å²) < 4.78 is 5.08. The van der Waals surface area contributed by atoms with Crippen LogP contribution in [-0.4, -0.2) is 30.7 Å². The predicted octanol–water partition coefficient (Wildman–Crippen LogP) is 1.83. The van der Waals surface area contributed by atoms with Crippen molar-refractivity contribution >= 4 is 17.7 Å². The molecule has 0 aliphatic carbocycles. The molecule has 0 aliphatic heterocycles. The first kappa shape index (κ1) is 16.8. The number of aryl methyl sites for hydroxylation is 1. The minimum Gasteiger partial charge on any atom is -0.444 e. The van der Waals surface area contributed by atoms with Gasteiger partial charge >= 0.3 is 6.09 Å². The van der Waals surface area contributed by atoms with Crippen LogP contribution < -0.4 is 16.4 Å². The van der Waals surface area contributed by atoms with Crippen LogP contribution in [0.5, 0.6) is 0 Å². The molecular formula is C15H23N3O3. The van der Waals surface area contributed by atoms with Crippen molar-refractivity contribution in [1.82, 2.24) is 10.6 Å². The van der Waals surface area contributed by atoms with Gasteiger partial charge in [-0.15, -0.1) is 0 Å². The number of hydrogen-bond acceptors (Lipinski definition) is 4. The third-order valence-corrected chi connectivity index (χ3v) is 2.65. The van der Waals surface area contributed by atoms with Gasteiger partial charge in [0.1, 0.15) is 5.60 Å². The van der Waals surface area contributed by atoms with E-state index in [0.29, 0.717) is 17.8 Å². The lowest BCUT2D eigenvalue weighted by Crippen LogP contribution is -2.38. The maximum Gasteiger partial charge on any atom is 0.407 e. The topological polar surface area (TPSA) is 93.5 Å². The van der Waals surface area contributed by atoms with Gasteiger partial charge in [-0.3, -0.25) is 4.79 Å². The third-order valence-electron chi connectivity index (χ3n) is 2.65. The summed E-state index contributed by atoms with van der Waals surface area (Å²) >= 11 is 0. The maximum absolute atomic E-state index is 12.0. The van der Waals surface area contributed by atoms with Crippen LogP contribution in [0.2, 0.25) is 0 Å². The molecule has 2 amide bonds. The highest BCUT2D eigenvalue weighted by Crippen LogP contribution is 2.15. The lowest BCUT2D eigenvalue weighted by atomic mass is 10.1. The van der Waals surface area contributed by atoms with Gasteiger partial charge in [0.25, 0.3) is 5.91 Å². The SMILES string of the molecule is Cc1cccc(C(=O)NCCNC(=O)OC(C)(C)C)c1N. The fourth-order valence-corrected chi connectivity index (χ4v) is 1.63. The monoisotopic (exact) mass is 293 g/mol. The first-order valence-electron chi connectivity index (χ1n) is 6.81. The number of nitrogen functional groups attached to an aromatic ring is 1. The molecule has 0 atom stereocenters. The molecule has 0 fully saturated rings. The molecule has 0 aliphatic rings. The normalized spacial score (nSPS) is 10.9. The number of nitrogens with two attached hydrogens (primary N) is 1. The standard InChI is InChI=1S/C15H23N3O3/c1-10-6-5-7-11(12(10)16)13(19)17-8-9-18-14(20)21-15(2,3)4/h5-7H,8-9,16H2,1-4H3,(H,17,19)(H,18,20). The highest BCUT2D eigenvalue weighted by Gasteiger charge is 2.15. The molecule has 4 N–H and O–H groups in total. The molecule has 0 radical (unpaired) electrons. The van der Waals surface area contributed by atoms with E-state index in [-0.39, 0.29) is 12.5 Å². The van der Waals surface area contributed by atoms with Crippen molar-refractivity contribution in [2.24, 2.45) is 0 Å². The van der Waals surface area contributed by atoms with Crippen molar-refractivity contribution in [3.8, 4) is 0 Å². The zero-order chi connectivity index (χ0) is 16.0. The number of carbonyl (C=O) groups excluding carboxylic acids is 2. The summed E-state index contributed by atoms with van der Waals surface area (Å²) in [5.41, 5.74) is 7.08. The zero-order valence-electron chi connectivity index (χ0n) is 12.9. The molecule has 0 bridgehead atoms. The van der Waals surface area contributed by atoms with Gasteiger partial charge in [-0.05, 0) is 39.3 Å². The minimum absolute atomic E-state index is 0.262. The summed E-state index contributed by atoms with van der Waals surface area (Å²) in [4.78, 5) is 23.4. The Balaban J connectivity index is 2.38. The summed E-state index contributed by atoms with van der Waals surface area (Å²) in [6, 6.07) is 5.29. The number of amides is 2. The molecule has 1 rings (SSSR count). The Morgan fingerprint density at radius 2 is 1.81 bits per heavy atom. The number of benzene rings is 1. The van der Waals surface area contributed by atoms with E-state index in [1.807, 2.05) is 13.0 Å². The Labute approximate surface area is 125 Å². The summed E-state index contributed by atoms with van der Waals surface area (Å²) in [5, 5.41) is 5.26. The molecule has 6 nitrogen and oxygen atoms in total. The van der Waals surface area contributed by atoms with Crippen LogP contribution in [0.15, 0.2) is 18.2 Å². The molecule has 0 aromatic heterocycles. The van der Waals surface area contributed by atoms with Gasteiger partial charge in [0.2, 0.25) is 0 Å². The second kappa shape index (κ2) is 6.97. The number of hydrogen-bond donors (Lipinski definition) is 3. The molecule has 116 valence electrons. The first-order valence-corrected chi connectivity index (χ1v) is 6.81. The van der Waals surface area contributed by atoms with Gasteiger partial charge in [-0.1, -0.05) is 12.1 Å². The first-order chi connectivity index (χ1) is 9.70. The lowest BCUT2D eigenvalue weighted by molar-refractivity contribution is 0.0526. The van der Waals surface area contributed by atoms with Crippen molar-refractivity contribution in [3.63, 3.8) is 0 Å². The zero-order valence-corrected chi connectivity index (χ0v) is 12.9. The molecular weight excluding hydrogens is 270 g/mol. The second-order valence-corrected chi connectivity index (χ2v) is 5.72. The van der Waals surface area contributed by atoms with Crippen molar-refractivity contribution in [2.75, 3.05) is 18.8 Å². The fourth-order valence-electron chi connectivity index (χ4n) is 1.63. The Kier molecular flexibility index (Phi) is 5.58. The van der Waals surface area contributed by atoms with Gasteiger partial charge in [0, 0.05) is 18.8 Å². The molecule has 21 heavy (non-hydrogen) atoms. The number of nitrogens with one attached hydrogen (secondary N) is 2. The van der Waals surface area contributed by atoms with Gasteiger partial charge in [-0.2, -0.15) is 0 Å². The number of alkyl carbamates (subject to hydrolysis) is 1. The van der Waals surface area contributed by atoms with Gasteiger partial charge in [0.15, 0.2) is 0 Å². The van der Waals surface area contributed by atoms with E-state index in [4.69, 9.17) is 10.5 Å². The highest BCUT2D eigenvalue weighted by atomic mass is 16.6. The molecule has 1 aromatic rings. The lowest BCUT2D eigenvalue weighted by Gasteiger charge is -2.19. The highest BCUT2D eigenvalue weighted by molar-refractivity contribution is 5.99. The summed E-state index contributed by atoms with van der Waals surface area (Å²) in [5.74, 6) is -0.262. The number of para-hydroxylation sites is 1. The molecule has 0 unspecified atom stereocenters. The van der Waals surface area contributed by atoms with Crippen LogP contribution in [0, 0.1) is 6.92 Å². The third kappa shape index (κ3) is 5.72. The molecule has 6 heteroatoms. The molecule has 1 aromatic carbocycles. The van der Waals surface area contributed by atoms with Crippen LogP contribution in [0.3, 0.4) is 0 Å². The van der Waals surface area contributed by atoms with E-state index in [2.05, 4.69) is 10.6 Å². The van der Waals surface area contributed by atoms with Crippen molar-refractivity contribution in [1.29, 1.82) is 0 Å². The average molecular weight is 293 g/mol. The van der Waals surface area contributed by atoms with E-state index in [1.54, 1.807) is 32.9 Å².